The Bertz CT molecular complexity index is 804. The lowest BCUT2D eigenvalue weighted by atomic mass is 10.0. The largest absolute Gasteiger partial charge is 0.272 e. The van der Waals surface area contributed by atoms with Gasteiger partial charge in [0.2, 0.25) is 5.91 Å². The molecule has 1 aliphatic heterocycles. The van der Waals surface area contributed by atoms with Gasteiger partial charge in [0, 0.05) is 18.2 Å². The Morgan fingerprint density at radius 3 is 2.61 bits per heavy atom. The van der Waals surface area contributed by atoms with Crippen molar-refractivity contribution in [1.29, 1.82) is 0 Å². The van der Waals surface area contributed by atoms with Crippen molar-refractivity contribution >= 4 is 23.5 Å². The van der Waals surface area contributed by atoms with Gasteiger partial charge in [-0.25, -0.2) is 4.99 Å². The third kappa shape index (κ3) is 3.66. The Kier molecular flexibility index (Phi) is 4.52. The first-order valence-electron chi connectivity index (χ1n) is 7.54. The van der Waals surface area contributed by atoms with Crippen LogP contribution in [-0.4, -0.2) is 23.5 Å². The van der Waals surface area contributed by atoms with E-state index in [1.54, 1.807) is 6.21 Å². The number of hydrogen-bond donors (Lipinski definition) is 0. The van der Waals surface area contributed by atoms with Crippen LogP contribution >= 0.6 is 0 Å². The number of benzene rings is 2. The summed E-state index contributed by atoms with van der Waals surface area (Å²) in [6.07, 6.45) is 2.49. The van der Waals surface area contributed by atoms with Crippen molar-refractivity contribution in [1.82, 2.24) is 0 Å². The van der Waals surface area contributed by atoms with Crippen molar-refractivity contribution in [2.75, 3.05) is 0 Å². The summed E-state index contributed by atoms with van der Waals surface area (Å²) in [5.41, 5.74) is 4.37. The van der Waals surface area contributed by atoms with Crippen molar-refractivity contribution in [2.24, 2.45) is 15.2 Å². The predicted molar refractivity (Wildman–Crippen MR) is 93.4 cm³/mol. The smallest absolute Gasteiger partial charge is 0.250 e. The van der Waals surface area contributed by atoms with Gasteiger partial charge in [-0.3, -0.25) is 4.79 Å². The summed E-state index contributed by atoms with van der Waals surface area (Å²) in [7, 11) is 0. The van der Waals surface area contributed by atoms with Crippen LogP contribution in [0.25, 0.3) is 0 Å². The predicted octanol–water partition coefficient (Wildman–Crippen LogP) is 3.38. The van der Waals surface area contributed by atoms with Crippen molar-refractivity contribution in [3.8, 4) is 0 Å². The topological polar surface area (TPSA) is 54.1 Å². The summed E-state index contributed by atoms with van der Waals surface area (Å²) in [6, 6.07) is 17.6. The van der Waals surface area contributed by atoms with Crippen molar-refractivity contribution < 1.29 is 4.79 Å². The summed E-state index contributed by atoms with van der Waals surface area (Å²) >= 11 is 0. The minimum absolute atomic E-state index is 0.159. The first-order valence-corrected chi connectivity index (χ1v) is 7.54. The highest BCUT2D eigenvalue weighted by molar-refractivity contribution is 6.51. The minimum Gasteiger partial charge on any atom is -0.272 e. The maximum Gasteiger partial charge on any atom is 0.250 e. The second kappa shape index (κ2) is 6.92. The Hall–Kier alpha value is -2.88. The van der Waals surface area contributed by atoms with Crippen LogP contribution in [-0.2, 0) is 11.2 Å². The average Bonchev–Trinajstić information content (AvgIpc) is 2.58. The monoisotopic (exact) mass is 303 g/mol. The molecule has 2 aromatic rings. The second-order valence-corrected chi connectivity index (χ2v) is 5.37. The fraction of sp³-hybridized carbons (Fsp3) is 0.158. The summed E-state index contributed by atoms with van der Waals surface area (Å²) in [6.45, 7) is 2.00. The number of aryl methyl sites for hydroxylation is 1. The van der Waals surface area contributed by atoms with Crippen LogP contribution in [0.3, 0.4) is 0 Å². The van der Waals surface area contributed by atoms with Gasteiger partial charge in [-0.1, -0.05) is 54.6 Å². The first-order chi connectivity index (χ1) is 11.2. The molecule has 1 aliphatic rings. The lowest BCUT2D eigenvalue weighted by molar-refractivity contribution is -0.117. The van der Waals surface area contributed by atoms with Gasteiger partial charge in [-0.15, -0.1) is 5.10 Å². The van der Waals surface area contributed by atoms with Gasteiger partial charge in [-0.2, -0.15) is 5.10 Å². The van der Waals surface area contributed by atoms with Crippen molar-refractivity contribution in [3.63, 3.8) is 0 Å². The number of carbonyl (C=O) groups is 1. The fourth-order valence-electron chi connectivity index (χ4n) is 2.46. The molecule has 0 saturated carbocycles. The van der Waals surface area contributed by atoms with Crippen LogP contribution in [0.5, 0.6) is 0 Å². The fourth-order valence-corrected chi connectivity index (χ4v) is 2.46. The Labute approximate surface area is 135 Å². The molecule has 0 spiro atoms. The molecule has 0 unspecified atom stereocenters. The van der Waals surface area contributed by atoms with E-state index in [-0.39, 0.29) is 5.91 Å². The molecule has 23 heavy (non-hydrogen) atoms. The van der Waals surface area contributed by atoms with E-state index in [2.05, 4.69) is 15.2 Å². The zero-order valence-electron chi connectivity index (χ0n) is 12.9. The molecule has 0 N–H and O–H groups in total. The molecule has 0 saturated heterocycles. The van der Waals surface area contributed by atoms with E-state index >= 15 is 0 Å². The van der Waals surface area contributed by atoms with Gasteiger partial charge < -0.3 is 0 Å². The molecule has 3 rings (SSSR count). The third-order valence-corrected chi connectivity index (χ3v) is 3.71. The molecule has 0 radical (unpaired) electrons. The van der Waals surface area contributed by atoms with E-state index in [9.17, 15) is 4.79 Å². The van der Waals surface area contributed by atoms with Gasteiger partial charge in [-0.05, 0) is 18.1 Å². The number of hydrogen-bond acceptors (Lipinski definition) is 3. The summed E-state index contributed by atoms with van der Waals surface area (Å²) < 4.78 is 0. The Morgan fingerprint density at radius 2 is 1.83 bits per heavy atom. The molecule has 114 valence electrons. The van der Waals surface area contributed by atoms with E-state index in [0.29, 0.717) is 24.3 Å². The standard InChI is InChI=1S/C19H17N3O/c1-14-7-5-6-10-16(14)13-18(23)21-17-11-12-20-22-19(17)15-8-3-2-4-9-15/h2-10,12H,11,13H2,1H3. The number of amides is 1. The molecule has 2 aromatic carbocycles. The molecule has 0 atom stereocenters. The molecule has 1 amide bonds. The van der Waals surface area contributed by atoms with Crippen molar-refractivity contribution in [3.05, 3.63) is 71.3 Å². The van der Waals surface area contributed by atoms with E-state index < -0.39 is 0 Å². The van der Waals surface area contributed by atoms with Gasteiger partial charge in [0.15, 0.2) is 0 Å². The highest BCUT2D eigenvalue weighted by Crippen LogP contribution is 2.11. The van der Waals surface area contributed by atoms with Gasteiger partial charge in [0.1, 0.15) is 5.71 Å². The van der Waals surface area contributed by atoms with E-state index in [1.165, 1.54) is 0 Å². The van der Waals surface area contributed by atoms with Gasteiger partial charge in [0.05, 0.1) is 12.1 Å². The minimum atomic E-state index is -0.159. The summed E-state index contributed by atoms with van der Waals surface area (Å²) in [5.74, 6) is -0.159. The second-order valence-electron chi connectivity index (χ2n) is 5.37. The highest BCUT2D eigenvalue weighted by atomic mass is 16.1. The Balaban J connectivity index is 1.83. The van der Waals surface area contributed by atoms with E-state index in [4.69, 9.17) is 0 Å². The van der Waals surface area contributed by atoms with Crippen LogP contribution < -0.4 is 0 Å². The molecule has 4 nitrogen and oxygen atoms in total. The Morgan fingerprint density at radius 1 is 1.09 bits per heavy atom. The SMILES string of the molecule is Cc1ccccc1CC(=O)N=C1CC=NN=C1c1ccccc1. The quantitative estimate of drug-likeness (QED) is 0.857. The first kappa shape index (κ1) is 15.0. The molecular formula is C19H17N3O. The number of nitrogens with zero attached hydrogens (tertiary/aromatic N) is 3. The molecule has 0 aliphatic carbocycles. The molecule has 0 aromatic heterocycles. The number of aliphatic imine (C=N–C) groups is 1. The molecule has 1 heterocycles. The normalized spacial score (nSPS) is 15.5. The van der Waals surface area contributed by atoms with Crippen LogP contribution in [0.2, 0.25) is 0 Å². The number of carbonyl (C=O) groups excluding carboxylic acids is 1. The van der Waals surface area contributed by atoms with Crippen LogP contribution in [0.4, 0.5) is 0 Å². The van der Waals surface area contributed by atoms with E-state index in [1.807, 2.05) is 61.5 Å². The third-order valence-electron chi connectivity index (χ3n) is 3.71. The van der Waals surface area contributed by atoms with Gasteiger partial charge in [0.25, 0.3) is 0 Å². The lowest BCUT2D eigenvalue weighted by Gasteiger charge is -2.10. The number of rotatable bonds is 3. The maximum atomic E-state index is 12.3. The average molecular weight is 303 g/mol. The summed E-state index contributed by atoms with van der Waals surface area (Å²) in [4.78, 5) is 16.6. The molecule has 0 fully saturated rings. The van der Waals surface area contributed by atoms with E-state index in [0.717, 1.165) is 16.7 Å². The highest BCUT2D eigenvalue weighted by Gasteiger charge is 2.16. The summed E-state index contributed by atoms with van der Waals surface area (Å²) in [5, 5.41) is 8.12. The zero-order valence-corrected chi connectivity index (χ0v) is 12.9. The maximum absolute atomic E-state index is 12.3. The molecular weight excluding hydrogens is 286 g/mol. The molecule has 4 heteroatoms. The van der Waals surface area contributed by atoms with Crippen molar-refractivity contribution in [2.45, 2.75) is 19.8 Å². The van der Waals surface area contributed by atoms with Crippen LogP contribution in [0.15, 0.2) is 69.8 Å². The lowest BCUT2D eigenvalue weighted by Crippen LogP contribution is -2.21. The molecule has 0 bridgehead atoms. The zero-order chi connectivity index (χ0) is 16.1. The van der Waals surface area contributed by atoms with Crippen LogP contribution in [0, 0.1) is 6.92 Å². The van der Waals surface area contributed by atoms with Gasteiger partial charge >= 0.3 is 0 Å². The van der Waals surface area contributed by atoms with Crippen LogP contribution in [0.1, 0.15) is 23.1 Å².